The van der Waals surface area contributed by atoms with Crippen LogP contribution in [0.25, 0.3) is 11.0 Å². The van der Waals surface area contributed by atoms with Gasteiger partial charge in [0.1, 0.15) is 0 Å². The first-order valence-corrected chi connectivity index (χ1v) is 5.34. The molecule has 0 aliphatic carbocycles. The minimum absolute atomic E-state index is 0.0501. The van der Waals surface area contributed by atoms with Gasteiger partial charge in [0, 0.05) is 24.3 Å². The van der Waals surface area contributed by atoms with Crippen molar-refractivity contribution in [2.24, 2.45) is 0 Å². The zero-order valence-corrected chi connectivity index (χ0v) is 9.61. The third kappa shape index (κ3) is 1.82. The number of aromatic hydroxyl groups is 1. The lowest BCUT2D eigenvalue weighted by Gasteiger charge is -2.00. The fourth-order valence-electron chi connectivity index (χ4n) is 1.72. The van der Waals surface area contributed by atoms with Crippen molar-refractivity contribution in [3.8, 4) is 5.75 Å². The fourth-order valence-corrected chi connectivity index (χ4v) is 1.72. The van der Waals surface area contributed by atoms with Crippen LogP contribution in [-0.4, -0.2) is 16.7 Å². The second-order valence-electron chi connectivity index (χ2n) is 3.82. The summed E-state index contributed by atoms with van der Waals surface area (Å²) in [6, 6.07) is 4.45. The Morgan fingerprint density at radius 3 is 2.65 bits per heavy atom. The van der Waals surface area contributed by atoms with Crippen molar-refractivity contribution < 1.29 is 19.1 Å². The van der Waals surface area contributed by atoms with Crippen LogP contribution in [0.4, 0.5) is 0 Å². The van der Waals surface area contributed by atoms with E-state index in [2.05, 4.69) is 0 Å². The van der Waals surface area contributed by atoms with Crippen molar-refractivity contribution in [3.63, 3.8) is 0 Å². The Morgan fingerprint density at radius 1 is 1.35 bits per heavy atom. The topological polar surface area (TPSA) is 67.5 Å². The van der Waals surface area contributed by atoms with Gasteiger partial charge in [-0.3, -0.25) is 9.59 Å². The summed E-state index contributed by atoms with van der Waals surface area (Å²) in [5.41, 5.74) is 0.658. The standard InChI is InChI=1S/C13H12O4/c1-3-10(15)8-4-5-11(16)13-9(8)6-12(17-13)7(2)14/h4-6,16H,3H2,1-2H3. The van der Waals surface area contributed by atoms with Gasteiger partial charge in [-0.2, -0.15) is 0 Å². The van der Waals surface area contributed by atoms with Gasteiger partial charge in [0.15, 0.2) is 28.7 Å². The Balaban J connectivity index is 2.75. The Kier molecular flexibility index (Phi) is 2.71. The summed E-state index contributed by atoms with van der Waals surface area (Å²) in [6.45, 7) is 3.13. The van der Waals surface area contributed by atoms with Crippen LogP contribution in [-0.2, 0) is 0 Å². The van der Waals surface area contributed by atoms with E-state index in [4.69, 9.17) is 4.42 Å². The second kappa shape index (κ2) is 4.05. The van der Waals surface area contributed by atoms with Crippen molar-refractivity contribution in [3.05, 3.63) is 29.5 Å². The molecule has 0 aliphatic rings. The lowest BCUT2D eigenvalue weighted by molar-refractivity contribution is 0.0981. The van der Waals surface area contributed by atoms with E-state index >= 15 is 0 Å². The van der Waals surface area contributed by atoms with E-state index < -0.39 is 0 Å². The number of benzene rings is 1. The number of Topliss-reactive ketones (excluding diaryl/α,β-unsaturated/α-hetero) is 2. The number of hydrogen-bond donors (Lipinski definition) is 1. The van der Waals surface area contributed by atoms with E-state index in [9.17, 15) is 14.7 Å². The van der Waals surface area contributed by atoms with Crippen LogP contribution in [0.15, 0.2) is 22.6 Å². The maximum absolute atomic E-state index is 11.7. The van der Waals surface area contributed by atoms with Crippen molar-refractivity contribution in [2.45, 2.75) is 20.3 Å². The number of carbonyl (C=O) groups is 2. The molecular weight excluding hydrogens is 220 g/mol. The highest BCUT2D eigenvalue weighted by atomic mass is 16.4. The Hall–Kier alpha value is -2.10. The van der Waals surface area contributed by atoms with Crippen LogP contribution in [0.5, 0.6) is 5.75 Å². The first-order valence-electron chi connectivity index (χ1n) is 5.34. The molecule has 0 bridgehead atoms. The monoisotopic (exact) mass is 232 g/mol. The molecule has 0 spiro atoms. The maximum atomic E-state index is 11.7. The van der Waals surface area contributed by atoms with Gasteiger partial charge in [-0.05, 0) is 18.2 Å². The van der Waals surface area contributed by atoms with Crippen molar-refractivity contribution in [1.29, 1.82) is 0 Å². The van der Waals surface area contributed by atoms with E-state index in [1.54, 1.807) is 13.0 Å². The molecule has 2 aromatic rings. The quantitative estimate of drug-likeness (QED) is 0.826. The molecule has 4 heteroatoms. The molecular formula is C13H12O4. The highest BCUT2D eigenvalue weighted by Gasteiger charge is 2.17. The van der Waals surface area contributed by atoms with Gasteiger partial charge in [0.2, 0.25) is 0 Å². The summed E-state index contributed by atoms with van der Waals surface area (Å²) in [5.74, 6) is -0.215. The van der Waals surface area contributed by atoms with Gasteiger partial charge in [-0.25, -0.2) is 0 Å². The highest BCUT2D eigenvalue weighted by Crippen LogP contribution is 2.31. The predicted octanol–water partition coefficient (Wildman–Crippen LogP) is 2.93. The van der Waals surface area contributed by atoms with Crippen molar-refractivity contribution in [2.75, 3.05) is 0 Å². The molecule has 0 saturated carbocycles. The fraction of sp³-hybridized carbons (Fsp3) is 0.231. The lowest BCUT2D eigenvalue weighted by Crippen LogP contribution is -1.96. The van der Waals surface area contributed by atoms with Gasteiger partial charge >= 0.3 is 0 Å². The van der Waals surface area contributed by atoms with E-state index in [-0.39, 0.29) is 28.7 Å². The smallest absolute Gasteiger partial charge is 0.194 e. The maximum Gasteiger partial charge on any atom is 0.194 e. The van der Waals surface area contributed by atoms with E-state index in [1.807, 2.05) is 0 Å². The van der Waals surface area contributed by atoms with E-state index in [0.717, 1.165) is 0 Å². The summed E-state index contributed by atoms with van der Waals surface area (Å²) in [7, 11) is 0. The first-order chi connectivity index (χ1) is 8.04. The number of hydrogen-bond acceptors (Lipinski definition) is 4. The van der Waals surface area contributed by atoms with Crippen LogP contribution >= 0.6 is 0 Å². The van der Waals surface area contributed by atoms with Crippen LogP contribution in [0, 0.1) is 0 Å². The largest absolute Gasteiger partial charge is 0.504 e. The lowest BCUT2D eigenvalue weighted by atomic mass is 10.0. The Labute approximate surface area is 97.8 Å². The first kappa shape index (κ1) is 11.4. The van der Waals surface area contributed by atoms with Crippen molar-refractivity contribution in [1.82, 2.24) is 0 Å². The second-order valence-corrected chi connectivity index (χ2v) is 3.82. The molecule has 4 nitrogen and oxygen atoms in total. The Morgan fingerprint density at radius 2 is 2.06 bits per heavy atom. The number of rotatable bonds is 3. The molecule has 0 fully saturated rings. The van der Waals surface area contributed by atoms with Gasteiger partial charge in [-0.15, -0.1) is 0 Å². The average Bonchev–Trinajstić information content (AvgIpc) is 2.74. The Bertz CT molecular complexity index is 607. The number of carbonyl (C=O) groups excluding carboxylic acids is 2. The third-order valence-corrected chi connectivity index (χ3v) is 2.63. The van der Waals surface area contributed by atoms with E-state index in [0.29, 0.717) is 17.4 Å². The number of furan rings is 1. The molecule has 17 heavy (non-hydrogen) atoms. The van der Waals surface area contributed by atoms with Gasteiger partial charge in [0.25, 0.3) is 0 Å². The summed E-state index contributed by atoms with van der Waals surface area (Å²) < 4.78 is 5.24. The molecule has 0 saturated heterocycles. The minimum atomic E-state index is -0.240. The zero-order chi connectivity index (χ0) is 12.6. The number of fused-ring (bicyclic) bond motifs is 1. The summed E-state index contributed by atoms with van der Waals surface area (Å²) in [4.78, 5) is 22.9. The normalized spacial score (nSPS) is 10.7. The molecule has 0 radical (unpaired) electrons. The molecule has 1 N–H and O–H groups in total. The molecule has 1 aromatic heterocycles. The van der Waals surface area contributed by atoms with Gasteiger partial charge in [0.05, 0.1) is 0 Å². The average molecular weight is 232 g/mol. The third-order valence-electron chi connectivity index (χ3n) is 2.63. The molecule has 88 valence electrons. The van der Waals surface area contributed by atoms with Crippen LogP contribution < -0.4 is 0 Å². The minimum Gasteiger partial charge on any atom is -0.504 e. The van der Waals surface area contributed by atoms with Crippen LogP contribution in [0.1, 0.15) is 41.2 Å². The summed E-state index contributed by atoms with van der Waals surface area (Å²) in [5, 5.41) is 10.1. The van der Waals surface area contributed by atoms with Crippen LogP contribution in [0.3, 0.4) is 0 Å². The number of ketones is 2. The molecule has 1 aromatic carbocycles. The number of phenols is 1. The number of phenolic OH excluding ortho intramolecular Hbond substituents is 1. The highest BCUT2D eigenvalue weighted by molar-refractivity contribution is 6.10. The molecule has 1 heterocycles. The summed E-state index contributed by atoms with van der Waals surface area (Å²) in [6.07, 6.45) is 0.362. The van der Waals surface area contributed by atoms with Crippen molar-refractivity contribution >= 4 is 22.5 Å². The van der Waals surface area contributed by atoms with Crippen LogP contribution in [0.2, 0.25) is 0 Å². The predicted molar refractivity (Wildman–Crippen MR) is 62.5 cm³/mol. The van der Waals surface area contributed by atoms with Gasteiger partial charge < -0.3 is 9.52 Å². The molecule has 0 aliphatic heterocycles. The van der Waals surface area contributed by atoms with Gasteiger partial charge in [-0.1, -0.05) is 6.92 Å². The zero-order valence-electron chi connectivity index (χ0n) is 9.61. The van der Waals surface area contributed by atoms with E-state index in [1.165, 1.54) is 19.1 Å². The summed E-state index contributed by atoms with van der Waals surface area (Å²) >= 11 is 0. The molecule has 0 unspecified atom stereocenters. The molecule has 0 amide bonds. The SMILES string of the molecule is CCC(=O)c1ccc(O)c2oc(C(C)=O)cc12. The molecule has 2 rings (SSSR count). The molecule has 0 atom stereocenters.